The fourth-order valence-corrected chi connectivity index (χ4v) is 5.00. The molecule has 0 bridgehead atoms. The van der Waals surface area contributed by atoms with Crippen LogP contribution in [0.5, 0.6) is 0 Å². The average molecular weight is 264 g/mol. The van der Waals surface area contributed by atoms with Crippen molar-refractivity contribution in [1.82, 2.24) is 0 Å². The molecule has 1 saturated carbocycles. The summed E-state index contributed by atoms with van der Waals surface area (Å²) in [5.41, 5.74) is 1.53. The molecule has 1 heterocycles. The van der Waals surface area contributed by atoms with E-state index in [1.807, 2.05) is 11.3 Å². The molecule has 2 aliphatic carbocycles. The minimum absolute atomic E-state index is 0.191. The molecule has 0 amide bonds. The van der Waals surface area contributed by atoms with Crippen molar-refractivity contribution in [2.45, 2.75) is 64.4 Å². The predicted molar refractivity (Wildman–Crippen MR) is 77.0 cm³/mol. The number of aliphatic hydroxyl groups excluding tert-OH is 1. The first kappa shape index (κ1) is 12.7. The number of aryl methyl sites for hydroxylation is 2. The van der Waals surface area contributed by atoms with Crippen molar-refractivity contribution in [3.63, 3.8) is 0 Å². The van der Waals surface area contributed by atoms with E-state index in [9.17, 15) is 5.11 Å². The van der Waals surface area contributed by atoms with Crippen LogP contribution in [0.2, 0.25) is 0 Å². The van der Waals surface area contributed by atoms with Crippen molar-refractivity contribution >= 4 is 11.3 Å². The molecule has 0 aliphatic heterocycles. The summed E-state index contributed by atoms with van der Waals surface area (Å²) >= 11 is 1.89. The predicted octanol–water partition coefficient (Wildman–Crippen LogP) is 4.49. The summed E-state index contributed by atoms with van der Waals surface area (Å²) in [6.45, 7) is 2.33. The second-order valence-corrected chi connectivity index (χ2v) is 7.45. The van der Waals surface area contributed by atoms with Gasteiger partial charge in [-0.1, -0.05) is 19.8 Å². The summed E-state index contributed by atoms with van der Waals surface area (Å²) in [6.07, 6.45) is 10.0. The fraction of sp³-hybridized carbons (Fsp3) is 0.750. The van der Waals surface area contributed by atoms with Crippen LogP contribution in [0.4, 0.5) is 0 Å². The van der Waals surface area contributed by atoms with Gasteiger partial charge in [0.25, 0.3) is 0 Å². The van der Waals surface area contributed by atoms with Gasteiger partial charge in [0, 0.05) is 9.75 Å². The first-order valence-electron chi connectivity index (χ1n) is 7.53. The van der Waals surface area contributed by atoms with Crippen LogP contribution in [0, 0.1) is 11.8 Å². The van der Waals surface area contributed by atoms with Gasteiger partial charge in [-0.2, -0.15) is 0 Å². The van der Waals surface area contributed by atoms with Crippen LogP contribution in [-0.4, -0.2) is 5.11 Å². The molecule has 0 spiro atoms. The van der Waals surface area contributed by atoms with Gasteiger partial charge in [-0.05, 0) is 62.0 Å². The second kappa shape index (κ2) is 5.34. The first-order valence-corrected chi connectivity index (χ1v) is 8.35. The van der Waals surface area contributed by atoms with Crippen LogP contribution in [0.1, 0.15) is 66.9 Å². The Labute approximate surface area is 114 Å². The van der Waals surface area contributed by atoms with Crippen molar-refractivity contribution < 1.29 is 5.11 Å². The van der Waals surface area contributed by atoms with E-state index in [0.29, 0.717) is 5.92 Å². The summed E-state index contributed by atoms with van der Waals surface area (Å²) in [6, 6.07) is 2.31. The van der Waals surface area contributed by atoms with Gasteiger partial charge in [0.1, 0.15) is 0 Å². The molecule has 0 aromatic carbocycles. The Hall–Kier alpha value is -0.340. The van der Waals surface area contributed by atoms with E-state index in [0.717, 1.165) is 5.92 Å². The Morgan fingerprint density at radius 3 is 2.83 bits per heavy atom. The zero-order chi connectivity index (χ0) is 12.5. The lowest BCUT2D eigenvalue weighted by Gasteiger charge is -2.29. The minimum atomic E-state index is -0.191. The molecule has 100 valence electrons. The lowest BCUT2D eigenvalue weighted by molar-refractivity contribution is 0.0742. The number of thiophene rings is 1. The third-order valence-corrected chi connectivity index (χ3v) is 6.04. The molecule has 0 saturated heterocycles. The molecule has 1 aromatic heterocycles. The van der Waals surface area contributed by atoms with Gasteiger partial charge in [-0.15, -0.1) is 11.3 Å². The van der Waals surface area contributed by atoms with Gasteiger partial charge in [0.2, 0.25) is 0 Å². The molecule has 3 atom stereocenters. The van der Waals surface area contributed by atoms with Crippen LogP contribution in [0.25, 0.3) is 0 Å². The van der Waals surface area contributed by atoms with Crippen molar-refractivity contribution in [2.24, 2.45) is 11.8 Å². The van der Waals surface area contributed by atoms with Crippen molar-refractivity contribution in [1.29, 1.82) is 0 Å². The highest BCUT2D eigenvalue weighted by atomic mass is 32.1. The third-order valence-electron chi connectivity index (χ3n) is 4.73. The third kappa shape index (κ3) is 2.50. The largest absolute Gasteiger partial charge is 0.387 e. The minimum Gasteiger partial charge on any atom is -0.387 e. The Morgan fingerprint density at radius 2 is 2.06 bits per heavy atom. The zero-order valence-electron chi connectivity index (χ0n) is 11.3. The quantitative estimate of drug-likeness (QED) is 0.834. The van der Waals surface area contributed by atoms with Gasteiger partial charge in [0.05, 0.1) is 6.10 Å². The fourth-order valence-electron chi connectivity index (χ4n) is 3.66. The molecule has 18 heavy (non-hydrogen) atoms. The topological polar surface area (TPSA) is 20.2 Å². The van der Waals surface area contributed by atoms with E-state index in [1.165, 1.54) is 61.8 Å². The van der Waals surface area contributed by atoms with E-state index in [-0.39, 0.29) is 6.10 Å². The van der Waals surface area contributed by atoms with Gasteiger partial charge in [-0.25, -0.2) is 0 Å². The Balaban J connectivity index is 1.75. The number of hydrogen-bond donors (Lipinski definition) is 1. The normalized spacial score (nSPS) is 29.9. The average Bonchev–Trinajstić information content (AvgIpc) is 2.81. The highest BCUT2D eigenvalue weighted by molar-refractivity contribution is 7.12. The maximum absolute atomic E-state index is 10.6. The first-order chi connectivity index (χ1) is 8.74. The van der Waals surface area contributed by atoms with Crippen molar-refractivity contribution in [3.8, 4) is 0 Å². The molecule has 1 nitrogen and oxygen atoms in total. The van der Waals surface area contributed by atoms with Crippen molar-refractivity contribution in [3.05, 3.63) is 21.4 Å². The highest BCUT2D eigenvalue weighted by Gasteiger charge is 2.28. The molecule has 1 N–H and O–H groups in total. The van der Waals surface area contributed by atoms with Crippen LogP contribution in [0.15, 0.2) is 6.07 Å². The molecular weight excluding hydrogens is 240 g/mol. The molecule has 3 rings (SSSR count). The van der Waals surface area contributed by atoms with Gasteiger partial charge >= 0.3 is 0 Å². The second-order valence-electron chi connectivity index (χ2n) is 6.28. The van der Waals surface area contributed by atoms with E-state index >= 15 is 0 Å². The molecule has 0 radical (unpaired) electrons. The highest BCUT2D eigenvalue weighted by Crippen LogP contribution is 2.41. The number of aliphatic hydroxyl groups is 1. The van der Waals surface area contributed by atoms with Crippen LogP contribution < -0.4 is 0 Å². The van der Waals surface area contributed by atoms with Gasteiger partial charge < -0.3 is 5.11 Å². The SMILES string of the molecule is CC1CCCC(C(O)c2cc3c(s2)CCCC3)C1. The Morgan fingerprint density at radius 1 is 1.22 bits per heavy atom. The van der Waals surface area contributed by atoms with E-state index in [2.05, 4.69) is 13.0 Å². The maximum Gasteiger partial charge on any atom is 0.0910 e. The van der Waals surface area contributed by atoms with Crippen LogP contribution in [0.3, 0.4) is 0 Å². The Kier molecular flexibility index (Phi) is 3.76. The van der Waals surface area contributed by atoms with Crippen LogP contribution >= 0.6 is 11.3 Å². The lowest BCUT2D eigenvalue weighted by atomic mass is 9.79. The van der Waals surface area contributed by atoms with Crippen molar-refractivity contribution in [2.75, 3.05) is 0 Å². The van der Waals surface area contributed by atoms with E-state index in [4.69, 9.17) is 0 Å². The van der Waals surface area contributed by atoms with Crippen LogP contribution in [-0.2, 0) is 12.8 Å². The number of hydrogen-bond acceptors (Lipinski definition) is 2. The number of fused-ring (bicyclic) bond motifs is 1. The summed E-state index contributed by atoms with van der Waals surface area (Å²) in [5, 5.41) is 10.6. The molecule has 3 unspecified atom stereocenters. The molecule has 1 aromatic rings. The Bertz CT molecular complexity index is 386. The van der Waals surface area contributed by atoms with E-state index < -0.39 is 0 Å². The standard InChI is InChI=1S/C16H24OS/c1-11-5-4-7-13(9-11)16(17)15-10-12-6-2-3-8-14(12)18-15/h10-11,13,16-17H,2-9H2,1H3. The summed E-state index contributed by atoms with van der Waals surface area (Å²) in [7, 11) is 0. The zero-order valence-corrected chi connectivity index (χ0v) is 12.1. The summed E-state index contributed by atoms with van der Waals surface area (Å²) in [4.78, 5) is 2.81. The van der Waals surface area contributed by atoms with E-state index in [1.54, 1.807) is 4.88 Å². The lowest BCUT2D eigenvalue weighted by Crippen LogP contribution is -2.19. The summed E-state index contributed by atoms with van der Waals surface area (Å²) < 4.78 is 0. The van der Waals surface area contributed by atoms with Gasteiger partial charge in [-0.3, -0.25) is 0 Å². The molecule has 2 heteroatoms. The maximum atomic E-state index is 10.6. The monoisotopic (exact) mass is 264 g/mol. The summed E-state index contributed by atoms with van der Waals surface area (Å²) in [5.74, 6) is 1.31. The molecular formula is C16H24OS. The molecule has 2 aliphatic rings. The molecule has 1 fully saturated rings. The smallest absolute Gasteiger partial charge is 0.0910 e. The van der Waals surface area contributed by atoms with Gasteiger partial charge in [0.15, 0.2) is 0 Å². The number of rotatable bonds is 2.